The summed E-state index contributed by atoms with van der Waals surface area (Å²) in [5.41, 5.74) is 7.33. The van der Waals surface area contributed by atoms with E-state index in [9.17, 15) is 0 Å². The molecule has 4 heteroatoms. The zero-order valence-electron chi connectivity index (χ0n) is 10.6. The fourth-order valence-corrected chi connectivity index (χ4v) is 3.26. The van der Waals surface area contributed by atoms with Crippen molar-refractivity contribution < 1.29 is 0 Å². The van der Waals surface area contributed by atoms with Gasteiger partial charge in [0.05, 0.1) is 0 Å². The normalized spacial score (nSPS) is 25.8. The molecule has 3 N–H and O–H groups in total. The van der Waals surface area contributed by atoms with E-state index in [2.05, 4.69) is 15.7 Å². The molecule has 1 aromatic rings. The van der Waals surface area contributed by atoms with Crippen molar-refractivity contribution >= 4 is 11.3 Å². The SMILES string of the molecule is Cc1csc(CNCC2CCCCCC2N)n1. The highest BCUT2D eigenvalue weighted by molar-refractivity contribution is 7.09. The van der Waals surface area contributed by atoms with Gasteiger partial charge >= 0.3 is 0 Å². The van der Waals surface area contributed by atoms with E-state index in [1.54, 1.807) is 11.3 Å². The summed E-state index contributed by atoms with van der Waals surface area (Å²) in [6, 6.07) is 0.392. The van der Waals surface area contributed by atoms with Crippen molar-refractivity contribution in [1.29, 1.82) is 0 Å². The Kier molecular flexibility index (Phi) is 4.95. The Hall–Kier alpha value is -0.450. The Morgan fingerprint density at radius 2 is 2.24 bits per heavy atom. The van der Waals surface area contributed by atoms with Crippen LogP contribution in [0.25, 0.3) is 0 Å². The summed E-state index contributed by atoms with van der Waals surface area (Å²) >= 11 is 1.74. The molecule has 0 aliphatic heterocycles. The van der Waals surface area contributed by atoms with Gasteiger partial charge in [0.25, 0.3) is 0 Å². The minimum atomic E-state index is 0.392. The van der Waals surface area contributed by atoms with Crippen LogP contribution in [-0.4, -0.2) is 17.6 Å². The van der Waals surface area contributed by atoms with Gasteiger partial charge in [0.15, 0.2) is 0 Å². The lowest BCUT2D eigenvalue weighted by atomic mass is 9.95. The molecule has 3 nitrogen and oxygen atoms in total. The van der Waals surface area contributed by atoms with Gasteiger partial charge in [-0.1, -0.05) is 19.3 Å². The van der Waals surface area contributed by atoms with Crippen molar-refractivity contribution in [1.82, 2.24) is 10.3 Å². The molecule has 0 amide bonds. The molecule has 1 aliphatic carbocycles. The molecule has 1 fully saturated rings. The third kappa shape index (κ3) is 4.05. The van der Waals surface area contributed by atoms with Gasteiger partial charge in [-0.2, -0.15) is 0 Å². The molecule has 0 saturated heterocycles. The maximum atomic E-state index is 6.21. The zero-order chi connectivity index (χ0) is 12.1. The first kappa shape index (κ1) is 13.0. The fraction of sp³-hybridized carbons (Fsp3) is 0.769. The van der Waals surface area contributed by atoms with Crippen molar-refractivity contribution in [3.05, 3.63) is 16.1 Å². The molecule has 0 radical (unpaired) electrons. The van der Waals surface area contributed by atoms with Crippen molar-refractivity contribution in [3.63, 3.8) is 0 Å². The van der Waals surface area contributed by atoms with Crippen molar-refractivity contribution in [3.8, 4) is 0 Å². The van der Waals surface area contributed by atoms with Gasteiger partial charge in [0.2, 0.25) is 0 Å². The van der Waals surface area contributed by atoms with Crippen LogP contribution in [0.15, 0.2) is 5.38 Å². The highest BCUT2D eigenvalue weighted by Crippen LogP contribution is 2.21. The van der Waals surface area contributed by atoms with Crippen LogP contribution < -0.4 is 11.1 Å². The molecule has 1 aromatic heterocycles. The Morgan fingerprint density at radius 3 is 3.00 bits per heavy atom. The first-order valence-corrected chi connectivity index (χ1v) is 7.51. The molecule has 2 atom stereocenters. The van der Waals surface area contributed by atoms with Gasteiger partial charge in [0, 0.05) is 23.7 Å². The Morgan fingerprint density at radius 1 is 1.41 bits per heavy atom. The second kappa shape index (κ2) is 6.47. The molecular formula is C13H23N3S. The van der Waals surface area contributed by atoms with E-state index in [-0.39, 0.29) is 0 Å². The summed E-state index contributed by atoms with van der Waals surface area (Å²) in [7, 11) is 0. The van der Waals surface area contributed by atoms with Crippen molar-refractivity contribution in [2.45, 2.75) is 51.6 Å². The predicted molar refractivity (Wildman–Crippen MR) is 73.1 cm³/mol. The summed E-state index contributed by atoms with van der Waals surface area (Å²) in [6.07, 6.45) is 6.49. The summed E-state index contributed by atoms with van der Waals surface area (Å²) in [5, 5.41) is 6.80. The molecule has 1 heterocycles. The summed E-state index contributed by atoms with van der Waals surface area (Å²) in [6.45, 7) is 3.97. The smallest absolute Gasteiger partial charge is 0.107 e. The molecule has 2 unspecified atom stereocenters. The number of aryl methyl sites for hydroxylation is 1. The van der Waals surface area contributed by atoms with Gasteiger partial charge in [-0.25, -0.2) is 4.98 Å². The van der Waals surface area contributed by atoms with Crippen molar-refractivity contribution in [2.75, 3.05) is 6.54 Å². The zero-order valence-corrected chi connectivity index (χ0v) is 11.4. The van der Waals surface area contributed by atoms with E-state index in [0.29, 0.717) is 12.0 Å². The number of hydrogen-bond acceptors (Lipinski definition) is 4. The van der Waals surface area contributed by atoms with E-state index >= 15 is 0 Å². The number of thiazole rings is 1. The molecule has 0 spiro atoms. The standard InChI is InChI=1S/C13H23N3S/c1-10-9-17-13(16-10)8-15-7-11-5-3-2-4-6-12(11)14/h9,11-12,15H,2-8,14H2,1H3. The lowest BCUT2D eigenvalue weighted by molar-refractivity contribution is 0.374. The summed E-state index contributed by atoms with van der Waals surface area (Å²) in [5.74, 6) is 0.651. The van der Waals surface area contributed by atoms with Crippen LogP contribution in [0.5, 0.6) is 0 Å². The molecule has 0 bridgehead atoms. The quantitative estimate of drug-likeness (QED) is 0.810. The molecule has 1 saturated carbocycles. The maximum Gasteiger partial charge on any atom is 0.107 e. The molecule has 17 heavy (non-hydrogen) atoms. The first-order chi connectivity index (χ1) is 8.25. The number of nitrogens with two attached hydrogens (primary N) is 1. The number of nitrogens with one attached hydrogen (secondary N) is 1. The Balaban J connectivity index is 1.73. The van der Waals surface area contributed by atoms with Crippen LogP contribution >= 0.6 is 11.3 Å². The monoisotopic (exact) mass is 253 g/mol. The number of aromatic nitrogens is 1. The Bertz CT molecular complexity index is 337. The highest BCUT2D eigenvalue weighted by atomic mass is 32.1. The molecule has 96 valence electrons. The average Bonchev–Trinajstić information content (AvgIpc) is 2.61. The van der Waals surface area contributed by atoms with Gasteiger partial charge < -0.3 is 11.1 Å². The largest absolute Gasteiger partial charge is 0.327 e. The van der Waals surface area contributed by atoms with Gasteiger partial charge in [-0.05, 0) is 32.2 Å². The summed E-state index contributed by atoms with van der Waals surface area (Å²) in [4.78, 5) is 4.46. The average molecular weight is 253 g/mol. The third-order valence-corrected chi connectivity index (χ3v) is 4.53. The lowest BCUT2D eigenvalue weighted by Crippen LogP contribution is -2.36. The molecule has 0 aromatic carbocycles. The number of hydrogen-bond donors (Lipinski definition) is 2. The third-order valence-electron chi connectivity index (χ3n) is 3.57. The predicted octanol–water partition coefficient (Wildman–Crippen LogP) is 2.45. The topological polar surface area (TPSA) is 50.9 Å². The van der Waals surface area contributed by atoms with Crippen LogP contribution in [0.3, 0.4) is 0 Å². The van der Waals surface area contributed by atoms with Crippen LogP contribution in [0.1, 0.15) is 42.8 Å². The van der Waals surface area contributed by atoms with Crippen LogP contribution in [0.4, 0.5) is 0 Å². The van der Waals surface area contributed by atoms with Gasteiger partial charge in [-0.3, -0.25) is 0 Å². The van der Waals surface area contributed by atoms with E-state index < -0.39 is 0 Å². The maximum absolute atomic E-state index is 6.21. The van der Waals surface area contributed by atoms with Gasteiger partial charge in [0.1, 0.15) is 5.01 Å². The second-order valence-electron chi connectivity index (χ2n) is 5.08. The molecule has 2 rings (SSSR count). The van der Waals surface area contributed by atoms with Crippen LogP contribution in [0, 0.1) is 12.8 Å². The van der Waals surface area contributed by atoms with E-state index in [4.69, 9.17) is 5.73 Å². The highest BCUT2D eigenvalue weighted by Gasteiger charge is 2.19. The first-order valence-electron chi connectivity index (χ1n) is 6.63. The number of rotatable bonds is 4. The Labute approximate surface area is 108 Å². The van der Waals surface area contributed by atoms with Crippen LogP contribution in [0.2, 0.25) is 0 Å². The lowest BCUT2D eigenvalue weighted by Gasteiger charge is -2.21. The van der Waals surface area contributed by atoms with E-state index in [1.807, 2.05) is 6.92 Å². The number of nitrogens with zero attached hydrogens (tertiary/aromatic N) is 1. The molecular weight excluding hydrogens is 230 g/mol. The van der Waals surface area contributed by atoms with Gasteiger partial charge in [-0.15, -0.1) is 11.3 Å². The van der Waals surface area contributed by atoms with E-state index in [1.165, 1.54) is 37.1 Å². The van der Waals surface area contributed by atoms with E-state index in [0.717, 1.165) is 18.8 Å². The molecule has 1 aliphatic rings. The summed E-state index contributed by atoms with van der Waals surface area (Å²) < 4.78 is 0. The van der Waals surface area contributed by atoms with Crippen molar-refractivity contribution in [2.24, 2.45) is 11.7 Å². The second-order valence-corrected chi connectivity index (χ2v) is 6.02. The van der Waals surface area contributed by atoms with Crippen LogP contribution in [-0.2, 0) is 6.54 Å². The fourth-order valence-electron chi connectivity index (χ4n) is 2.51. The minimum Gasteiger partial charge on any atom is -0.327 e. The minimum absolute atomic E-state index is 0.392.